The van der Waals surface area contributed by atoms with E-state index in [1.165, 1.54) is 76.4 Å². The molecule has 0 aromatic heterocycles. The second-order valence-electron chi connectivity index (χ2n) is 8.95. The van der Waals surface area contributed by atoms with Crippen LogP contribution in [0, 0.1) is 23.7 Å². The number of hydrogen-bond acceptors (Lipinski definition) is 4. The van der Waals surface area contributed by atoms with Crippen LogP contribution < -0.4 is 0 Å². The molecular weight excluding hydrogens is 340 g/mol. The monoisotopic (exact) mass is 376 g/mol. The van der Waals surface area contributed by atoms with Gasteiger partial charge in [-0.25, -0.2) is 9.59 Å². The zero-order valence-electron chi connectivity index (χ0n) is 16.9. The third-order valence-corrected chi connectivity index (χ3v) is 6.74. The molecule has 0 saturated heterocycles. The Balaban J connectivity index is 1.28. The van der Waals surface area contributed by atoms with E-state index in [4.69, 9.17) is 9.47 Å². The van der Waals surface area contributed by atoms with Crippen LogP contribution in [0.25, 0.3) is 0 Å². The van der Waals surface area contributed by atoms with Gasteiger partial charge in [0.1, 0.15) is 6.10 Å². The van der Waals surface area contributed by atoms with Crippen molar-refractivity contribution in [2.45, 2.75) is 90.1 Å². The van der Waals surface area contributed by atoms with Gasteiger partial charge in [0, 0.05) is 12.2 Å². The van der Waals surface area contributed by atoms with Crippen LogP contribution in [0.3, 0.4) is 0 Å². The highest BCUT2D eigenvalue weighted by Gasteiger charge is 2.49. The second kappa shape index (κ2) is 10.3. The van der Waals surface area contributed by atoms with E-state index in [0.29, 0.717) is 18.4 Å². The summed E-state index contributed by atoms with van der Waals surface area (Å²) in [6.07, 6.45) is 17.1. The molecule has 4 rings (SSSR count). The average Bonchev–Trinajstić information content (AvgIpc) is 2.64. The summed E-state index contributed by atoms with van der Waals surface area (Å²) < 4.78 is 10.9. The molecular formula is C23H36O4. The molecule has 0 N–H and O–H groups in total. The van der Waals surface area contributed by atoms with Crippen molar-refractivity contribution in [3.05, 3.63) is 12.2 Å². The van der Waals surface area contributed by atoms with Crippen molar-refractivity contribution in [2.75, 3.05) is 6.61 Å². The highest BCUT2D eigenvalue weighted by Crippen LogP contribution is 2.54. The molecule has 4 bridgehead atoms. The Bertz CT molecular complexity index is 496. The van der Waals surface area contributed by atoms with Gasteiger partial charge in [-0.05, 0) is 62.2 Å². The van der Waals surface area contributed by atoms with Gasteiger partial charge in [0.2, 0.25) is 0 Å². The van der Waals surface area contributed by atoms with Gasteiger partial charge in [-0.1, -0.05) is 45.4 Å². The Hall–Kier alpha value is -1.32. The normalized spacial score (nSPS) is 31.4. The molecule has 4 heteroatoms. The largest absolute Gasteiger partial charge is 0.463 e. The summed E-state index contributed by atoms with van der Waals surface area (Å²) in [6.45, 7) is 2.65. The van der Waals surface area contributed by atoms with E-state index in [1.807, 2.05) is 0 Å². The third kappa shape index (κ3) is 6.08. The van der Waals surface area contributed by atoms with Gasteiger partial charge in [-0.15, -0.1) is 0 Å². The molecule has 4 aliphatic rings. The fourth-order valence-corrected chi connectivity index (χ4v) is 5.66. The molecule has 0 heterocycles. The van der Waals surface area contributed by atoms with Crippen LogP contribution in [0.15, 0.2) is 12.2 Å². The Kier molecular flexibility index (Phi) is 7.78. The zero-order chi connectivity index (χ0) is 19.1. The maximum atomic E-state index is 12.1. The Morgan fingerprint density at radius 2 is 1.33 bits per heavy atom. The SMILES string of the molecule is CCCCCCCCCOC(=O)/C=C/C(=O)OC1C2CC3CC(C2)CC1C3. The van der Waals surface area contributed by atoms with E-state index in [-0.39, 0.29) is 12.1 Å². The quantitative estimate of drug-likeness (QED) is 0.282. The molecule has 0 amide bonds. The van der Waals surface area contributed by atoms with Crippen LogP contribution in [-0.4, -0.2) is 24.6 Å². The van der Waals surface area contributed by atoms with Gasteiger partial charge < -0.3 is 9.47 Å². The number of carbonyl (C=O) groups is 2. The maximum Gasteiger partial charge on any atom is 0.331 e. The summed E-state index contributed by atoms with van der Waals surface area (Å²) in [7, 11) is 0. The first-order chi connectivity index (χ1) is 13.2. The summed E-state index contributed by atoms with van der Waals surface area (Å²) in [5, 5.41) is 0. The number of hydrogen-bond donors (Lipinski definition) is 0. The standard InChI is InChI=1S/C23H36O4/c1-2-3-4-5-6-7-8-11-26-21(24)9-10-22(25)27-23-19-13-17-12-18(15-19)16-20(23)14-17/h9-10,17-20,23H,2-8,11-16H2,1H3/b10-9+. The predicted octanol–water partition coefficient (Wildman–Crippen LogP) is 5.20. The molecule has 0 aromatic rings. The highest BCUT2D eigenvalue weighted by atomic mass is 16.5. The lowest BCUT2D eigenvalue weighted by atomic mass is 9.55. The average molecular weight is 377 g/mol. The number of ether oxygens (including phenoxy) is 2. The summed E-state index contributed by atoms with van der Waals surface area (Å²) >= 11 is 0. The van der Waals surface area contributed by atoms with Crippen molar-refractivity contribution in [3.63, 3.8) is 0 Å². The van der Waals surface area contributed by atoms with Crippen molar-refractivity contribution in [1.29, 1.82) is 0 Å². The summed E-state index contributed by atoms with van der Waals surface area (Å²) in [6, 6.07) is 0. The smallest absolute Gasteiger partial charge is 0.331 e. The van der Waals surface area contributed by atoms with Crippen LogP contribution in [0.1, 0.15) is 84.0 Å². The topological polar surface area (TPSA) is 52.6 Å². The Labute approximate surface area is 164 Å². The Morgan fingerprint density at radius 1 is 0.778 bits per heavy atom. The molecule has 27 heavy (non-hydrogen) atoms. The minimum absolute atomic E-state index is 0.0682. The van der Waals surface area contributed by atoms with E-state index in [1.54, 1.807) is 0 Å². The number of carbonyl (C=O) groups excluding carboxylic acids is 2. The summed E-state index contributed by atoms with van der Waals surface area (Å²) in [4.78, 5) is 23.9. The number of rotatable bonds is 11. The van der Waals surface area contributed by atoms with E-state index in [2.05, 4.69) is 6.92 Å². The lowest BCUT2D eigenvalue weighted by Crippen LogP contribution is -2.49. The molecule has 0 atom stereocenters. The van der Waals surface area contributed by atoms with E-state index in [9.17, 15) is 9.59 Å². The van der Waals surface area contributed by atoms with Crippen LogP contribution in [0.4, 0.5) is 0 Å². The summed E-state index contributed by atoms with van der Waals surface area (Å²) in [5.41, 5.74) is 0. The summed E-state index contributed by atoms with van der Waals surface area (Å²) in [5.74, 6) is 1.98. The predicted molar refractivity (Wildman–Crippen MR) is 105 cm³/mol. The molecule has 0 radical (unpaired) electrons. The number of esters is 2. The van der Waals surface area contributed by atoms with Gasteiger partial charge >= 0.3 is 11.9 Å². The molecule has 0 aliphatic heterocycles. The molecule has 4 nitrogen and oxygen atoms in total. The van der Waals surface area contributed by atoms with Gasteiger partial charge in [-0.2, -0.15) is 0 Å². The lowest BCUT2D eigenvalue weighted by molar-refractivity contribution is -0.165. The van der Waals surface area contributed by atoms with E-state index < -0.39 is 5.97 Å². The van der Waals surface area contributed by atoms with Gasteiger partial charge in [0.05, 0.1) is 6.61 Å². The maximum absolute atomic E-state index is 12.1. The van der Waals surface area contributed by atoms with Crippen molar-refractivity contribution in [3.8, 4) is 0 Å². The van der Waals surface area contributed by atoms with E-state index in [0.717, 1.165) is 24.7 Å². The van der Waals surface area contributed by atoms with Gasteiger partial charge in [-0.3, -0.25) is 0 Å². The van der Waals surface area contributed by atoms with Gasteiger partial charge in [0.15, 0.2) is 0 Å². The molecule has 0 spiro atoms. The lowest BCUT2D eigenvalue weighted by Gasteiger charge is -2.53. The molecule has 4 aliphatic carbocycles. The first-order valence-corrected chi connectivity index (χ1v) is 11.2. The van der Waals surface area contributed by atoms with Crippen molar-refractivity contribution >= 4 is 11.9 Å². The fraction of sp³-hybridized carbons (Fsp3) is 0.826. The van der Waals surface area contributed by atoms with Crippen molar-refractivity contribution < 1.29 is 19.1 Å². The third-order valence-electron chi connectivity index (χ3n) is 6.74. The van der Waals surface area contributed by atoms with Crippen LogP contribution in [0.2, 0.25) is 0 Å². The van der Waals surface area contributed by atoms with E-state index >= 15 is 0 Å². The first kappa shape index (κ1) is 20.4. The zero-order valence-corrected chi connectivity index (χ0v) is 16.9. The molecule has 0 aromatic carbocycles. The number of unbranched alkanes of at least 4 members (excludes halogenated alkanes) is 6. The highest BCUT2D eigenvalue weighted by molar-refractivity contribution is 5.91. The molecule has 4 saturated carbocycles. The van der Waals surface area contributed by atoms with Crippen LogP contribution in [0.5, 0.6) is 0 Å². The van der Waals surface area contributed by atoms with Crippen LogP contribution >= 0.6 is 0 Å². The fourth-order valence-electron chi connectivity index (χ4n) is 5.66. The second-order valence-corrected chi connectivity index (χ2v) is 8.95. The van der Waals surface area contributed by atoms with Crippen molar-refractivity contribution in [2.24, 2.45) is 23.7 Å². The molecule has 4 fully saturated rings. The minimum Gasteiger partial charge on any atom is -0.463 e. The molecule has 0 unspecified atom stereocenters. The molecule has 152 valence electrons. The van der Waals surface area contributed by atoms with Crippen molar-refractivity contribution in [1.82, 2.24) is 0 Å². The Morgan fingerprint density at radius 3 is 1.96 bits per heavy atom. The van der Waals surface area contributed by atoms with Gasteiger partial charge in [0.25, 0.3) is 0 Å². The first-order valence-electron chi connectivity index (χ1n) is 11.2. The minimum atomic E-state index is -0.442. The van der Waals surface area contributed by atoms with Crippen LogP contribution in [-0.2, 0) is 19.1 Å².